The second-order valence-electron chi connectivity index (χ2n) is 14.1. The van der Waals surface area contributed by atoms with Crippen LogP contribution in [0.25, 0.3) is 100 Å². The van der Waals surface area contributed by atoms with Gasteiger partial charge in [0.25, 0.3) is 0 Å². The van der Waals surface area contributed by atoms with Crippen molar-refractivity contribution in [2.75, 3.05) is 0 Å². The van der Waals surface area contributed by atoms with Crippen LogP contribution in [0.5, 0.6) is 0 Å². The van der Waals surface area contributed by atoms with E-state index >= 15 is 0 Å². The van der Waals surface area contributed by atoms with E-state index in [4.69, 9.17) is 14.4 Å². The Kier molecular flexibility index (Phi) is 6.96. The summed E-state index contributed by atoms with van der Waals surface area (Å²) in [7, 11) is 0. The minimum Gasteiger partial charge on any atom is -0.454 e. The number of allylic oxidation sites excluding steroid dienone is 1. The van der Waals surface area contributed by atoms with Crippen LogP contribution in [0.3, 0.4) is 0 Å². The van der Waals surface area contributed by atoms with E-state index in [1.165, 1.54) is 38.6 Å². The van der Waals surface area contributed by atoms with Crippen molar-refractivity contribution < 1.29 is 4.42 Å². The summed E-state index contributed by atoms with van der Waals surface area (Å²) in [6.07, 6.45) is 6.22. The fourth-order valence-corrected chi connectivity index (χ4v) is 8.27. The molecule has 0 fully saturated rings. The monoisotopic (exact) mass is 691 g/mol. The molecule has 7 aromatic carbocycles. The minimum atomic E-state index is 0.735. The summed E-state index contributed by atoms with van der Waals surface area (Å²) in [4.78, 5) is 10.2. The Morgan fingerprint density at radius 3 is 1.76 bits per heavy atom. The summed E-state index contributed by atoms with van der Waals surface area (Å²) < 4.78 is 9.38. The number of hydrogen-bond donors (Lipinski definition) is 0. The summed E-state index contributed by atoms with van der Waals surface area (Å²) >= 11 is 0. The van der Waals surface area contributed by atoms with Gasteiger partial charge >= 0.3 is 0 Å². The molecule has 4 nitrogen and oxygen atoms in total. The van der Waals surface area contributed by atoms with Crippen LogP contribution >= 0.6 is 0 Å². The third-order valence-electron chi connectivity index (χ3n) is 10.9. The first-order valence-electron chi connectivity index (χ1n) is 18.5. The Balaban J connectivity index is 1.14. The summed E-state index contributed by atoms with van der Waals surface area (Å²) in [5, 5.41) is 4.57. The van der Waals surface area contributed by atoms with Crippen molar-refractivity contribution in [3.63, 3.8) is 0 Å². The predicted molar refractivity (Wildman–Crippen MR) is 223 cm³/mol. The van der Waals surface area contributed by atoms with Crippen molar-refractivity contribution >= 4 is 49.8 Å². The maximum absolute atomic E-state index is 6.98. The molecule has 10 aromatic rings. The van der Waals surface area contributed by atoms with E-state index in [2.05, 4.69) is 162 Å². The van der Waals surface area contributed by atoms with Gasteiger partial charge in [0.2, 0.25) is 0 Å². The van der Waals surface area contributed by atoms with Crippen LogP contribution in [0.15, 0.2) is 174 Å². The van der Waals surface area contributed by atoms with E-state index < -0.39 is 0 Å². The summed E-state index contributed by atoms with van der Waals surface area (Å²) in [6.45, 7) is 0. The zero-order valence-corrected chi connectivity index (χ0v) is 29.4. The van der Waals surface area contributed by atoms with Gasteiger partial charge in [0.15, 0.2) is 11.4 Å². The van der Waals surface area contributed by atoms with Crippen molar-refractivity contribution in [2.45, 2.75) is 12.8 Å². The Morgan fingerprint density at radius 2 is 1.09 bits per heavy atom. The molecule has 0 atom stereocenters. The third kappa shape index (κ3) is 4.91. The smallest absolute Gasteiger partial charge is 0.160 e. The lowest BCUT2D eigenvalue weighted by Crippen LogP contribution is -2.05. The summed E-state index contributed by atoms with van der Waals surface area (Å²) in [5.74, 6) is 0.735. The Hall–Kier alpha value is -7.04. The molecule has 254 valence electrons. The standard InChI is InChI=1S/C50H33N3O/c1-4-13-32(14-5-1)35-23-26-38-39-27-24-36(33-15-6-2-7-16-33)30-46(39)53(45(38)29-35)44-22-12-20-41-40-28-25-37(31-47(40)54-49(41)44)48-42-19-10-11-21-43(42)51-50(52-48)34-17-8-3-9-18-34/h1-9,11-18,20-31H,10,19H2. The lowest BCUT2D eigenvalue weighted by Gasteiger charge is -2.16. The molecule has 1 aliphatic carbocycles. The molecule has 1 aliphatic rings. The molecule has 0 bridgehead atoms. The highest BCUT2D eigenvalue weighted by Crippen LogP contribution is 2.42. The Bertz CT molecular complexity index is 2990. The van der Waals surface area contributed by atoms with Crippen molar-refractivity contribution in [2.24, 2.45) is 0 Å². The second kappa shape index (κ2) is 12.3. The minimum absolute atomic E-state index is 0.735. The normalized spacial score (nSPS) is 12.6. The van der Waals surface area contributed by atoms with Crippen LogP contribution in [-0.2, 0) is 6.42 Å². The van der Waals surface area contributed by atoms with Crippen LogP contribution < -0.4 is 0 Å². The maximum Gasteiger partial charge on any atom is 0.160 e. The molecule has 0 spiro atoms. The van der Waals surface area contributed by atoms with Gasteiger partial charge in [-0.3, -0.25) is 0 Å². The quantitative estimate of drug-likeness (QED) is 0.180. The number of furan rings is 1. The van der Waals surface area contributed by atoms with Crippen molar-refractivity contribution in [1.82, 2.24) is 14.5 Å². The molecule has 0 amide bonds. The van der Waals surface area contributed by atoms with E-state index in [1.54, 1.807) is 0 Å². The molecule has 0 unspecified atom stereocenters. The number of aromatic nitrogens is 3. The van der Waals surface area contributed by atoms with Gasteiger partial charge in [-0.1, -0.05) is 140 Å². The van der Waals surface area contributed by atoms with Gasteiger partial charge in [-0.2, -0.15) is 0 Å². The van der Waals surface area contributed by atoms with Crippen molar-refractivity contribution in [1.29, 1.82) is 0 Å². The lowest BCUT2D eigenvalue weighted by molar-refractivity contribution is 0.666. The van der Waals surface area contributed by atoms with Gasteiger partial charge in [0, 0.05) is 38.2 Å². The highest BCUT2D eigenvalue weighted by atomic mass is 16.3. The number of benzene rings is 7. The summed E-state index contributed by atoms with van der Waals surface area (Å²) in [6, 6.07) is 58.2. The molecule has 0 N–H and O–H groups in total. The maximum atomic E-state index is 6.98. The molecule has 54 heavy (non-hydrogen) atoms. The van der Waals surface area contributed by atoms with Crippen molar-refractivity contribution in [3.05, 3.63) is 181 Å². The first-order valence-corrected chi connectivity index (χ1v) is 18.5. The molecule has 0 radical (unpaired) electrons. The van der Waals surface area contributed by atoms with Gasteiger partial charge in [0.1, 0.15) is 5.58 Å². The van der Waals surface area contributed by atoms with Crippen molar-refractivity contribution in [3.8, 4) is 50.6 Å². The molecule has 11 rings (SSSR count). The van der Waals surface area contributed by atoms with E-state index in [0.717, 1.165) is 79.8 Å². The van der Waals surface area contributed by atoms with E-state index in [1.807, 2.05) is 18.2 Å². The first-order chi connectivity index (χ1) is 26.8. The highest BCUT2D eigenvalue weighted by molar-refractivity contribution is 6.14. The molecule has 0 aliphatic heterocycles. The van der Waals surface area contributed by atoms with Crippen LogP contribution in [-0.4, -0.2) is 14.5 Å². The van der Waals surface area contributed by atoms with Gasteiger partial charge in [-0.15, -0.1) is 0 Å². The van der Waals surface area contributed by atoms with Gasteiger partial charge in [-0.05, 0) is 71.5 Å². The predicted octanol–water partition coefficient (Wildman–Crippen LogP) is 13.1. The van der Waals surface area contributed by atoms with E-state index in [0.29, 0.717) is 0 Å². The van der Waals surface area contributed by atoms with E-state index in [9.17, 15) is 0 Å². The Morgan fingerprint density at radius 1 is 0.481 bits per heavy atom. The molecule has 0 saturated carbocycles. The molecular weight excluding hydrogens is 659 g/mol. The van der Waals surface area contributed by atoms with Gasteiger partial charge < -0.3 is 8.98 Å². The topological polar surface area (TPSA) is 43.9 Å². The zero-order chi connectivity index (χ0) is 35.6. The molecule has 0 saturated heterocycles. The zero-order valence-electron chi connectivity index (χ0n) is 29.4. The molecular formula is C50H33N3O. The molecule has 3 heterocycles. The fourth-order valence-electron chi connectivity index (χ4n) is 8.27. The largest absolute Gasteiger partial charge is 0.454 e. The van der Waals surface area contributed by atoms with Crippen LogP contribution in [0, 0.1) is 0 Å². The summed E-state index contributed by atoms with van der Waals surface area (Å²) in [5.41, 5.74) is 14.9. The highest BCUT2D eigenvalue weighted by Gasteiger charge is 2.21. The third-order valence-corrected chi connectivity index (χ3v) is 10.9. The number of hydrogen-bond acceptors (Lipinski definition) is 3. The average molecular weight is 692 g/mol. The van der Waals surface area contributed by atoms with Gasteiger partial charge in [0.05, 0.1) is 28.1 Å². The molecule has 3 aromatic heterocycles. The fraction of sp³-hybridized carbons (Fsp3) is 0.0400. The number of para-hydroxylation sites is 1. The lowest BCUT2D eigenvalue weighted by atomic mass is 9.95. The number of nitrogens with zero attached hydrogens (tertiary/aromatic N) is 3. The number of rotatable bonds is 5. The van der Waals surface area contributed by atoms with Crippen LogP contribution in [0.1, 0.15) is 17.7 Å². The Labute approximate surface area is 312 Å². The molecule has 4 heteroatoms. The first kappa shape index (κ1) is 30.6. The average Bonchev–Trinajstić information content (AvgIpc) is 3.79. The van der Waals surface area contributed by atoms with Gasteiger partial charge in [-0.25, -0.2) is 9.97 Å². The number of fused-ring (bicyclic) bond motifs is 7. The second-order valence-corrected chi connectivity index (χ2v) is 14.1. The van der Waals surface area contributed by atoms with Crippen LogP contribution in [0.4, 0.5) is 0 Å². The SMILES string of the molecule is C1=Cc2nc(-c3ccccc3)nc(-c3ccc4c(c3)oc3c(-n5c6cc(-c7ccccc7)ccc6c6ccc(-c7ccccc7)cc65)cccc34)c2CC1. The van der Waals surface area contributed by atoms with Crippen LogP contribution in [0.2, 0.25) is 0 Å². The van der Waals surface area contributed by atoms with E-state index in [-0.39, 0.29) is 0 Å².